The number of phosphoric acid groups is 1. The van der Waals surface area contributed by atoms with Crippen LogP contribution in [0.1, 0.15) is 206 Å². The summed E-state index contributed by atoms with van der Waals surface area (Å²) in [6.07, 6.45) is 58.2. The molecule has 10 heteroatoms. The highest BCUT2D eigenvalue weighted by atomic mass is 31.2. The highest BCUT2D eigenvalue weighted by molar-refractivity contribution is 7.47. The van der Waals surface area contributed by atoms with Gasteiger partial charge in [0.1, 0.15) is 6.61 Å². The Labute approximate surface area is 380 Å². The summed E-state index contributed by atoms with van der Waals surface area (Å²) in [6, 6.07) is 0. The van der Waals surface area contributed by atoms with E-state index in [9.17, 15) is 19.0 Å². The van der Waals surface area contributed by atoms with Crippen LogP contribution in [-0.2, 0) is 32.7 Å². The molecule has 2 N–H and O–H groups in total. The van der Waals surface area contributed by atoms with Gasteiger partial charge in [0.05, 0.1) is 13.2 Å². The number of unbranched alkanes of at least 4 members (excludes halogenated alkanes) is 20. The standard InChI is InChI=1S/C52H92NO8P/c1-4-6-8-10-12-14-16-18-20-22-24-25-27-29-31-33-35-37-39-41-43-45-52(55)61-50(49-60-62(56,57)59-47-46-53-3)48-58-51(54)44-42-40-38-36-34-32-30-28-26-23-21-19-17-15-13-11-9-7-5-2/h13,15,18-21,26,28,32,34,38,40,50,53H,4-12,14,16-17,22-25,27,29-31,33,35-37,39,41-49H2,1-3H3,(H,56,57)/b15-13-,20-18-,21-19-,28-26-,34-32-,40-38-. The van der Waals surface area contributed by atoms with E-state index in [1.165, 1.54) is 122 Å². The summed E-state index contributed by atoms with van der Waals surface area (Å²) in [4.78, 5) is 35.2. The van der Waals surface area contributed by atoms with Gasteiger partial charge in [0, 0.05) is 19.4 Å². The minimum absolute atomic E-state index is 0.0306. The van der Waals surface area contributed by atoms with Crippen molar-refractivity contribution in [3.05, 3.63) is 72.9 Å². The van der Waals surface area contributed by atoms with Crippen LogP contribution in [0, 0.1) is 0 Å². The summed E-state index contributed by atoms with van der Waals surface area (Å²) in [5.74, 6) is -0.903. The first-order chi connectivity index (χ1) is 30.3. The molecule has 2 unspecified atom stereocenters. The first-order valence-corrected chi connectivity index (χ1v) is 26.4. The Morgan fingerprint density at radius 2 is 0.903 bits per heavy atom. The quantitative estimate of drug-likeness (QED) is 0.0266. The van der Waals surface area contributed by atoms with Crippen LogP contribution >= 0.6 is 7.82 Å². The number of carbonyl (C=O) groups excluding carboxylic acids is 2. The van der Waals surface area contributed by atoms with Gasteiger partial charge in [-0.25, -0.2) is 4.57 Å². The van der Waals surface area contributed by atoms with Gasteiger partial charge in [0.2, 0.25) is 0 Å². The fourth-order valence-electron chi connectivity index (χ4n) is 6.53. The lowest BCUT2D eigenvalue weighted by molar-refractivity contribution is -0.161. The third kappa shape index (κ3) is 46.9. The number of likely N-dealkylation sites (N-methyl/N-ethyl adjacent to an activating group) is 1. The van der Waals surface area contributed by atoms with Crippen LogP contribution in [0.2, 0.25) is 0 Å². The molecule has 0 saturated carbocycles. The van der Waals surface area contributed by atoms with Crippen molar-refractivity contribution in [1.82, 2.24) is 5.32 Å². The van der Waals surface area contributed by atoms with Crippen molar-refractivity contribution in [2.24, 2.45) is 0 Å². The SMILES string of the molecule is CCCCC/C=C\C/C=C\C/C=C\C/C=C\C/C=C\CCC(=O)OCC(COP(=O)(O)OCCNC)OC(=O)CCCCCCCCCCCCC/C=C\CCCCCCCC. The predicted octanol–water partition coefficient (Wildman–Crippen LogP) is 14.9. The maximum absolute atomic E-state index is 12.7. The van der Waals surface area contributed by atoms with Crippen molar-refractivity contribution in [3.8, 4) is 0 Å². The number of carbonyl (C=O) groups is 2. The molecule has 0 aliphatic carbocycles. The van der Waals surface area contributed by atoms with Gasteiger partial charge in [-0.2, -0.15) is 0 Å². The molecule has 0 aromatic carbocycles. The van der Waals surface area contributed by atoms with Crippen molar-refractivity contribution in [2.45, 2.75) is 213 Å². The number of hydrogen-bond acceptors (Lipinski definition) is 8. The van der Waals surface area contributed by atoms with Crippen LogP contribution in [-0.4, -0.2) is 56.3 Å². The Morgan fingerprint density at radius 3 is 1.40 bits per heavy atom. The largest absolute Gasteiger partial charge is 0.472 e. The third-order valence-electron chi connectivity index (χ3n) is 10.3. The second kappa shape index (κ2) is 47.9. The minimum Gasteiger partial charge on any atom is -0.462 e. The molecule has 0 aromatic rings. The number of allylic oxidation sites excluding steroid dienone is 12. The van der Waals surface area contributed by atoms with E-state index in [1.807, 2.05) is 12.2 Å². The molecule has 0 spiro atoms. The van der Waals surface area contributed by atoms with Crippen LogP contribution in [0.4, 0.5) is 0 Å². The van der Waals surface area contributed by atoms with Gasteiger partial charge in [0.25, 0.3) is 0 Å². The van der Waals surface area contributed by atoms with E-state index >= 15 is 0 Å². The lowest BCUT2D eigenvalue weighted by Crippen LogP contribution is -2.29. The van der Waals surface area contributed by atoms with Crippen molar-refractivity contribution < 1.29 is 37.6 Å². The molecule has 0 heterocycles. The molecular formula is C52H92NO8P. The summed E-state index contributed by atoms with van der Waals surface area (Å²) >= 11 is 0. The summed E-state index contributed by atoms with van der Waals surface area (Å²) in [6.45, 7) is 4.12. The molecule has 62 heavy (non-hydrogen) atoms. The summed E-state index contributed by atoms with van der Waals surface area (Å²) < 4.78 is 33.2. The minimum atomic E-state index is -4.37. The first-order valence-electron chi connectivity index (χ1n) is 24.9. The highest BCUT2D eigenvalue weighted by Gasteiger charge is 2.26. The predicted molar refractivity (Wildman–Crippen MR) is 261 cm³/mol. The molecule has 0 saturated heterocycles. The van der Waals surface area contributed by atoms with E-state index < -0.39 is 32.5 Å². The average Bonchev–Trinajstić information content (AvgIpc) is 3.26. The average molecular weight is 890 g/mol. The van der Waals surface area contributed by atoms with Gasteiger partial charge >= 0.3 is 19.8 Å². The summed E-state index contributed by atoms with van der Waals surface area (Å²) in [5.41, 5.74) is 0. The second-order valence-electron chi connectivity index (χ2n) is 16.3. The van der Waals surface area contributed by atoms with E-state index in [-0.39, 0.29) is 26.1 Å². The molecule has 2 atom stereocenters. The van der Waals surface area contributed by atoms with Gasteiger partial charge in [-0.15, -0.1) is 0 Å². The van der Waals surface area contributed by atoms with Crippen LogP contribution in [0.3, 0.4) is 0 Å². The van der Waals surface area contributed by atoms with Crippen LogP contribution in [0.15, 0.2) is 72.9 Å². The van der Waals surface area contributed by atoms with E-state index in [4.69, 9.17) is 18.5 Å². The Morgan fingerprint density at radius 1 is 0.500 bits per heavy atom. The molecule has 0 amide bonds. The van der Waals surface area contributed by atoms with E-state index in [0.29, 0.717) is 19.4 Å². The number of ether oxygens (including phenoxy) is 2. The highest BCUT2D eigenvalue weighted by Crippen LogP contribution is 2.43. The molecule has 9 nitrogen and oxygen atoms in total. The van der Waals surface area contributed by atoms with Gasteiger partial charge in [0.15, 0.2) is 6.10 Å². The Kier molecular flexibility index (Phi) is 45.9. The van der Waals surface area contributed by atoms with Gasteiger partial charge in [-0.05, 0) is 84.1 Å². The summed E-state index contributed by atoms with van der Waals surface area (Å²) in [5, 5.41) is 2.82. The van der Waals surface area contributed by atoms with E-state index in [0.717, 1.165) is 44.9 Å². The van der Waals surface area contributed by atoms with Crippen LogP contribution in [0.25, 0.3) is 0 Å². The lowest BCUT2D eigenvalue weighted by atomic mass is 10.0. The molecule has 0 aliphatic heterocycles. The Bertz CT molecular complexity index is 1240. The molecule has 0 radical (unpaired) electrons. The fourth-order valence-corrected chi connectivity index (χ4v) is 7.28. The number of nitrogens with one attached hydrogen (secondary N) is 1. The fraction of sp³-hybridized carbons (Fsp3) is 0.731. The van der Waals surface area contributed by atoms with Crippen molar-refractivity contribution in [2.75, 3.05) is 33.4 Å². The Balaban J connectivity index is 4.25. The van der Waals surface area contributed by atoms with Crippen molar-refractivity contribution in [1.29, 1.82) is 0 Å². The molecule has 0 fully saturated rings. The topological polar surface area (TPSA) is 120 Å². The smallest absolute Gasteiger partial charge is 0.462 e. The maximum atomic E-state index is 12.7. The molecule has 358 valence electrons. The maximum Gasteiger partial charge on any atom is 0.472 e. The van der Waals surface area contributed by atoms with Crippen LogP contribution in [0.5, 0.6) is 0 Å². The monoisotopic (exact) mass is 890 g/mol. The van der Waals surface area contributed by atoms with E-state index in [2.05, 4.69) is 79.9 Å². The Hall–Kier alpha value is -2.55. The van der Waals surface area contributed by atoms with Crippen molar-refractivity contribution >= 4 is 19.8 Å². The van der Waals surface area contributed by atoms with Gasteiger partial charge in [-0.3, -0.25) is 18.6 Å². The van der Waals surface area contributed by atoms with Gasteiger partial charge in [-0.1, -0.05) is 189 Å². The molecule has 0 bridgehead atoms. The van der Waals surface area contributed by atoms with Gasteiger partial charge < -0.3 is 19.7 Å². The number of rotatable bonds is 46. The zero-order valence-corrected chi connectivity index (χ0v) is 40.7. The molecular weight excluding hydrogens is 798 g/mol. The molecule has 0 aromatic heterocycles. The van der Waals surface area contributed by atoms with Crippen molar-refractivity contribution in [3.63, 3.8) is 0 Å². The number of esters is 2. The number of hydrogen-bond donors (Lipinski definition) is 2. The lowest BCUT2D eigenvalue weighted by Gasteiger charge is -2.20. The normalized spacial score (nSPS) is 13.8. The van der Waals surface area contributed by atoms with E-state index in [1.54, 1.807) is 7.05 Å². The zero-order valence-electron chi connectivity index (χ0n) is 39.8. The molecule has 0 aliphatic rings. The third-order valence-corrected chi connectivity index (χ3v) is 11.3. The summed E-state index contributed by atoms with van der Waals surface area (Å²) in [7, 11) is -2.68. The first kappa shape index (κ1) is 59.5. The van der Waals surface area contributed by atoms with Crippen LogP contribution < -0.4 is 5.32 Å². The zero-order chi connectivity index (χ0) is 45.3. The second-order valence-corrected chi connectivity index (χ2v) is 17.7. The number of phosphoric ester groups is 1. The molecule has 0 rings (SSSR count).